The van der Waals surface area contributed by atoms with Crippen LogP contribution in [0.5, 0.6) is 0 Å². The first-order valence-corrected chi connectivity index (χ1v) is 6.61. The van der Waals surface area contributed by atoms with Crippen molar-refractivity contribution >= 4 is 11.4 Å². The molecule has 106 valence electrons. The predicted molar refractivity (Wildman–Crippen MR) is 79.4 cm³/mol. The Bertz CT molecular complexity index is 554. The fourth-order valence-electron chi connectivity index (χ4n) is 2.05. The van der Waals surface area contributed by atoms with Crippen LogP contribution in [-0.2, 0) is 0 Å². The molecular formula is C15H19FN4. The van der Waals surface area contributed by atoms with Crippen LogP contribution >= 0.6 is 0 Å². The van der Waals surface area contributed by atoms with Gasteiger partial charge in [0.25, 0.3) is 0 Å². The zero-order chi connectivity index (χ0) is 14.5. The number of hydrogen-bond acceptors (Lipinski definition) is 4. The molecule has 0 bridgehead atoms. The lowest BCUT2D eigenvalue weighted by Crippen LogP contribution is -2.16. The predicted octanol–water partition coefficient (Wildman–Crippen LogP) is 3.24. The topological polar surface area (TPSA) is 41.1 Å². The summed E-state index contributed by atoms with van der Waals surface area (Å²) in [5.41, 5.74) is 2.82. The molecule has 4 nitrogen and oxygen atoms in total. The average molecular weight is 274 g/mol. The van der Waals surface area contributed by atoms with Crippen LogP contribution in [0, 0.1) is 5.82 Å². The molecule has 0 aliphatic heterocycles. The van der Waals surface area contributed by atoms with Crippen molar-refractivity contribution in [3.05, 3.63) is 48.3 Å². The van der Waals surface area contributed by atoms with Crippen LogP contribution in [0.4, 0.5) is 15.8 Å². The Morgan fingerprint density at radius 2 is 2.05 bits per heavy atom. The highest BCUT2D eigenvalue weighted by molar-refractivity contribution is 5.68. The van der Waals surface area contributed by atoms with E-state index in [-0.39, 0.29) is 11.9 Å². The minimum Gasteiger partial charge on any atom is -0.376 e. The second kappa shape index (κ2) is 6.32. The third-order valence-corrected chi connectivity index (χ3v) is 3.13. The van der Waals surface area contributed by atoms with Gasteiger partial charge in [-0.2, -0.15) is 0 Å². The normalized spacial score (nSPS) is 12.0. The summed E-state index contributed by atoms with van der Waals surface area (Å²) >= 11 is 0. The van der Waals surface area contributed by atoms with Gasteiger partial charge < -0.3 is 10.2 Å². The lowest BCUT2D eigenvalue weighted by molar-refractivity contribution is 0.614. The largest absolute Gasteiger partial charge is 0.376 e. The van der Waals surface area contributed by atoms with E-state index in [2.05, 4.69) is 22.2 Å². The maximum absolute atomic E-state index is 13.0. The van der Waals surface area contributed by atoms with E-state index in [9.17, 15) is 4.39 Å². The van der Waals surface area contributed by atoms with Gasteiger partial charge in [-0.05, 0) is 24.6 Å². The standard InChI is InChI=1S/C15H19FN4/c1-4-12(13-6-5-11(16)9-18-13)19-14-10-17-8-7-15(14)20(2)3/h5-10,12,19H,4H2,1-3H3. The van der Waals surface area contributed by atoms with Crippen LogP contribution < -0.4 is 10.2 Å². The van der Waals surface area contributed by atoms with Gasteiger partial charge in [0.1, 0.15) is 5.82 Å². The molecule has 0 saturated heterocycles. The van der Waals surface area contributed by atoms with Crippen LogP contribution in [0.3, 0.4) is 0 Å². The quantitative estimate of drug-likeness (QED) is 0.908. The first-order chi connectivity index (χ1) is 9.61. The summed E-state index contributed by atoms with van der Waals surface area (Å²) in [6.07, 6.45) is 5.65. The van der Waals surface area contributed by atoms with Gasteiger partial charge in [-0.3, -0.25) is 9.97 Å². The van der Waals surface area contributed by atoms with E-state index in [0.717, 1.165) is 23.5 Å². The van der Waals surface area contributed by atoms with Crippen molar-refractivity contribution in [1.82, 2.24) is 9.97 Å². The number of nitrogens with zero attached hydrogens (tertiary/aromatic N) is 3. The fourth-order valence-corrected chi connectivity index (χ4v) is 2.05. The molecule has 2 heterocycles. The van der Waals surface area contributed by atoms with Crippen molar-refractivity contribution in [1.29, 1.82) is 0 Å². The van der Waals surface area contributed by atoms with E-state index in [1.165, 1.54) is 12.3 Å². The van der Waals surface area contributed by atoms with Crippen LogP contribution in [0.2, 0.25) is 0 Å². The number of anilines is 2. The molecule has 0 spiro atoms. The van der Waals surface area contributed by atoms with Crippen molar-refractivity contribution in [2.24, 2.45) is 0 Å². The summed E-state index contributed by atoms with van der Waals surface area (Å²) in [5, 5.41) is 3.43. The first kappa shape index (κ1) is 14.2. The van der Waals surface area contributed by atoms with Crippen molar-refractivity contribution in [2.75, 3.05) is 24.3 Å². The summed E-state index contributed by atoms with van der Waals surface area (Å²) in [6.45, 7) is 2.06. The molecule has 20 heavy (non-hydrogen) atoms. The van der Waals surface area contributed by atoms with Gasteiger partial charge in [-0.15, -0.1) is 0 Å². The van der Waals surface area contributed by atoms with Crippen molar-refractivity contribution < 1.29 is 4.39 Å². The van der Waals surface area contributed by atoms with Gasteiger partial charge in [0, 0.05) is 20.3 Å². The fraction of sp³-hybridized carbons (Fsp3) is 0.333. The zero-order valence-corrected chi connectivity index (χ0v) is 12.0. The number of rotatable bonds is 5. The Hall–Kier alpha value is -2.17. The summed E-state index contributed by atoms with van der Waals surface area (Å²) in [4.78, 5) is 10.3. The molecular weight excluding hydrogens is 255 g/mol. The molecule has 1 atom stereocenters. The smallest absolute Gasteiger partial charge is 0.141 e. The Labute approximate surface area is 118 Å². The number of aromatic nitrogens is 2. The molecule has 2 aromatic heterocycles. The summed E-state index contributed by atoms with van der Waals surface area (Å²) in [5.74, 6) is -0.320. The van der Waals surface area contributed by atoms with Gasteiger partial charge in [0.05, 0.1) is 35.5 Å². The van der Waals surface area contributed by atoms with Crippen molar-refractivity contribution in [3.8, 4) is 0 Å². The molecule has 1 N–H and O–H groups in total. The zero-order valence-electron chi connectivity index (χ0n) is 12.0. The minimum atomic E-state index is -0.320. The summed E-state index contributed by atoms with van der Waals surface area (Å²) < 4.78 is 13.0. The van der Waals surface area contributed by atoms with E-state index in [0.29, 0.717) is 0 Å². The number of pyridine rings is 2. The van der Waals surface area contributed by atoms with Gasteiger partial charge in [0.2, 0.25) is 0 Å². The molecule has 1 unspecified atom stereocenters. The molecule has 0 amide bonds. The highest BCUT2D eigenvalue weighted by atomic mass is 19.1. The molecule has 0 radical (unpaired) electrons. The van der Waals surface area contributed by atoms with Crippen LogP contribution in [0.25, 0.3) is 0 Å². The van der Waals surface area contributed by atoms with Gasteiger partial charge in [0.15, 0.2) is 0 Å². The van der Waals surface area contributed by atoms with E-state index in [1.54, 1.807) is 18.5 Å². The van der Waals surface area contributed by atoms with E-state index in [1.807, 2.05) is 25.1 Å². The number of hydrogen-bond donors (Lipinski definition) is 1. The second-order valence-electron chi connectivity index (χ2n) is 4.79. The van der Waals surface area contributed by atoms with E-state index < -0.39 is 0 Å². The van der Waals surface area contributed by atoms with Gasteiger partial charge in [-0.25, -0.2) is 4.39 Å². The number of halogens is 1. The van der Waals surface area contributed by atoms with Crippen molar-refractivity contribution in [3.63, 3.8) is 0 Å². The Kier molecular flexibility index (Phi) is 4.50. The summed E-state index contributed by atoms with van der Waals surface area (Å²) in [6, 6.07) is 5.12. The third kappa shape index (κ3) is 3.23. The van der Waals surface area contributed by atoms with Gasteiger partial charge >= 0.3 is 0 Å². The maximum atomic E-state index is 13.0. The highest BCUT2D eigenvalue weighted by Gasteiger charge is 2.13. The third-order valence-electron chi connectivity index (χ3n) is 3.13. The summed E-state index contributed by atoms with van der Waals surface area (Å²) in [7, 11) is 3.97. The lowest BCUT2D eigenvalue weighted by Gasteiger charge is -2.22. The molecule has 0 aliphatic rings. The molecule has 2 rings (SSSR count). The van der Waals surface area contributed by atoms with Crippen LogP contribution in [-0.4, -0.2) is 24.1 Å². The highest BCUT2D eigenvalue weighted by Crippen LogP contribution is 2.27. The number of nitrogens with one attached hydrogen (secondary N) is 1. The van der Waals surface area contributed by atoms with Crippen LogP contribution in [0.15, 0.2) is 36.8 Å². The molecule has 0 aliphatic carbocycles. The molecule has 5 heteroatoms. The molecule has 0 saturated carbocycles. The van der Waals surface area contributed by atoms with Crippen molar-refractivity contribution in [2.45, 2.75) is 19.4 Å². The monoisotopic (exact) mass is 274 g/mol. The van der Waals surface area contributed by atoms with Gasteiger partial charge in [-0.1, -0.05) is 6.92 Å². The Morgan fingerprint density at radius 1 is 1.25 bits per heavy atom. The average Bonchev–Trinajstić information content (AvgIpc) is 2.46. The molecule has 0 fully saturated rings. The molecule has 0 aromatic carbocycles. The first-order valence-electron chi connectivity index (χ1n) is 6.61. The SMILES string of the molecule is CCC(Nc1cnccc1N(C)C)c1ccc(F)cn1. The lowest BCUT2D eigenvalue weighted by atomic mass is 10.1. The van der Waals surface area contributed by atoms with E-state index in [4.69, 9.17) is 0 Å². The Morgan fingerprint density at radius 3 is 2.65 bits per heavy atom. The molecule has 2 aromatic rings. The minimum absolute atomic E-state index is 0.0264. The van der Waals surface area contributed by atoms with Crippen LogP contribution in [0.1, 0.15) is 25.1 Å². The maximum Gasteiger partial charge on any atom is 0.141 e. The van der Waals surface area contributed by atoms with E-state index >= 15 is 0 Å². The second-order valence-corrected chi connectivity index (χ2v) is 4.79. The Balaban J connectivity index is 2.24.